The molecular weight excluding hydrogens is 322 g/mol. The third-order valence-corrected chi connectivity index (χ3v) is 5.72. The zero-order valence-electron chi connectivity index (χ0n) is 15.5. The first-order chi connectivity index (χ1) is 12.7. The van der Waals surface area contributed by atoms with Gasteiger partial charge in [-0.15, -0.1) is 0 Å². The van der Waals surface area contributed by atoms with Crippen molar-refractivity contribution < 1.29 is 4.79 Å². The van der Waals surface area contributed by atoms with Crippen molar-refractivity contribution in [1.29, 1.82) is 0 Å². The molecule has 0 aromatic heterocycles. The van der Waals surface area contributed by atoms with E-state index in [-0.39, 0.29) is 5.91 Å². The van der Waals surface area contributed by atoms with Crippen LogP contribution in [-0.2, 0) is 11.2 Å². The summed E-state index contributed by atoms with van der Waals surface area (Å²) in [5.41, 5.74) is 3.85. The summed E-state index contributed by atoms with van der Waals surface area (Å²) in [7, 11) is 0. The Bertz CT molecular complexity index is 753. The second-order valence-corrected chi connectivity index (χ2v) is 7.35. The van der Waals surface area contributed by atoms with E-state index in [2.05, 4.69) is 65.3 Å². The number of carbonyl (C=O) groups excluding carboxylic acids is 1. The van der Waals surface area contributed by atoms with Crippen LogP contribution in [-0.4, -0.2) is 49.6 Å². The largest absolute Gasteiger partial charge is 0.368 e. The van der Waals surface area contributed by atoms with Gasteiger partial charge in [0.05, 0.1) is 6.54 Å². The number of amides is 1. The van der Waals surface area contributed by atoms with Crippen LogP contribution < -0.4 is 9.80 Å². The third-order valence-electron chi connectivity index (χ3n) is 5.72. The van der Waals surface area contributed by atoms with Crippen molar-refractivity contribution >= 4 is 17.3 Å². The van der Waals surface area contributed by atoms with Crippen LogP contribution in [0.3, 0.4) is 0 Å². The molecule has 2 aliphatic heterocycles. The maximum Gasteiger partial charge on any atom is 0.242 e. The minimum absolute atomic E-state index is 0.251. The fourth-order valence-corrected chi connectivity index (χ4v) is 4.10. The quantitative estimate of drug-likeness (QED) is 0.852. The molecule has 0 bridgehead atoms. The summed E-state index contributed by atoms with van der Waals surface area (Å²) in [5.74, 6) is 0.251. The molecule has 0 radical (unpaired) electrons. The summed E-state index contributed by atoms with van der Waals surface area (Å²) in [6.07, 6.45) is 2.23. The predicted octanol–water partition coefficient (Wildman–Crippen LogP) is 3.18. The molecule has 0 aliphatic carbocycles. The number of fused-ring (bicyclic) bond motifs is 1. The monoisotopic (exact) mass is 349 g/mol. The van der Waals surface area contributed by atoms with E-state index in [1.54, 1.807) is 0 Å². The average Bonchev–Trinajstić information content (AvgIpc) is 2.71. The van der Waals surface area contributed by atoms with Crippen LogP contribution in [0, 0.1) is 0 Å². The molecule has 2 aliphatic rings. The Morgan fingerprint density at radius 1 is 0.962 bits per heavy atom. The van der Waals surface area contributed by atoms with Crippen molar-refractivity contribution in [2.75, 3.05) is 42.5 Å². The second kappa shape index (κ2) is 7.40. The number of para-hydroxylation sites is 2. The highest BCUT2D eigenvalue weighted by Crippen LogP contribution is 2.30. The lowest BCUT2D eigenvalue weighted by molar-refractivity contribution is -0.130. The number of piperazine rings is 1. The molecule has 2 aromatic rings. The molecule has 0 N–H and O–H groups in total. The Kier molecular flexibility index (Phi) is 4.83. The van der Waals surface area contributed by atoms with Gasteiger partial charge in [0.25, 0.3) is 0 Å². The van der Waals surface area contributed by atoms with Crippen molar-refractivity contribution in [3.05, 3.63) is 60.2 Å². The standard InChI is InChI=1S/C22H27N3O/c1-18-11-12-19-7-5-6-10-21(19)25(18)17-22(26)24-15-13-23(14-16-24)20-8-3-2-4-9-20/h2-10,18H,11-17H2,1H3. The van der Waals surface area contributed by atoms with Crippen LogP contribution in [0.1, 0.15) is 18.9 Å². The molecule has 0 saturated carbocycles. The first-order valence-corrected chi connectivity index (χ1v) is 9.65. The van der Waals surface area contributed by atoms with Crippen LogP contribution in [0.2, 0.25) is 0 Å². The lowest BCUT2D eigenvalue weighted by Gasteiger charge is -2.40. The molecular formula is C22H27N3O. The van der Waals surface area contributed by atoms with Gasteiger partial charge in [0.1, 0.15) is 0 Å². The van der Waals surface area contributed by atoms with Gasteiger partial charge in [-0.1, -0.05) is 36.4 Å². The van der Waals surface area contributed by atoms with Gasteiger partial charge < -0.3 is 14.7 Å². The molecule has 2 heterocycles. The number of hydrogen-bond acceptors (Lipinski definition) is 3. The van der Waals surface area contributed by atoms with E-state index in [0.29, 0.717) is 12.6 Å². The van der Waals surface area contributed by atoms with E-state index < -0.39 is 0 Å². The summed E-state index contributed by atoms with van der Waals surface area (Å²) in [6.45, 7) is 6.14. The Morgan fingerprint density at radius 3 is 2.42 bits per heavy atom. The van der Waals surface area contributed by atoms with Crippen LogP contribution in [0.4, 0.5) is 11.4 Å². The lowest BCUT2D eigenvalue weighted by atomic mass is 9.96. The van der Waals surface area contributed by atoms with Gasteiger partial charge in [0, 0.05) is 43.6 Å². The predicted molar refractivity (Wildman–Crippen MR) is 107 cm³/mol. The van der Waals surface area contributed by atoms with Gasteiger partial charge in [-0.3, -0.25) is 4.79 Å². The molecule has 4 nitrogen and oxygen atoms in total. The molecule has 4 rings (SSSR count). The summed E-state index contributed by atoms with van der Waals surface area (Å²) in [4.78, 5) is 19.6. The van der Waals surface area contributed by atoms with Gasteiger partial charge in [0.2, 0.25) is 5.91 Å². The fourth-order valence-electron chi connectivity index (χ4n) is 4.10. The topological polar surface area (TPSA) is 26.8 Å². The minimum Gasteiger partial charge on any atom is -0.368 e. The van der Waals surface area contributed by atoms with Crippen LogP contribution in [0.15, 0.2) is 54.6 Å². The van der Waals surface area contributed by atoms with E-state index in [1.807, 2.05) is 11.0 Å². The molecule has 1 amide bonds. The smallest absolute Gasteiger partial charge is 0.242 e. The second-order valence-electron chi connectivity index (χ2n) is 7.35. The molecule has 1 saturated heterocycles. The zero-order chi connectivity index (χ0) is 17.9. The highest BCUT2D eigenvalue weighted by atomic mass is 16.2. The first-order valence-electron chi connectivity index (χ1n) is 9.65. The lowest BCUT2D eigenvalue weighted by Crippen LogP contribution is -2.52. The summed E-state index contributed by atoms with van der Waals surface area (Å²) in [6, 6.07) is 19.4. The average molecular weight is 349 g/mol. The van der Waals surface area contributed by atoms with Crippen molar-refractivity contribution in [1.82, 2.24) is 4.90 Å². The van der Waals surface area contributed by atoms with Gasteiger partial charge in [-0.2, -0.15) is 0 Å². The Hall–Kier alpha value is -2.49. The minimum atomic E-state index is 0.251. The third kappa shape index (κ3) is 3.41. The highest BCUT2D eigenvalue weighted by Gasteiger charge is 2.28. The molecule has 1 atom stereocenters. The normalized spacial score (nSPS) is 20.0. The van der Waals surface area contributed by atoms with E-state index in [1.165, 1.54) is 16.9 Å². The Morgan fingerprint density at radius 2 is 1.65 bits per heavy atom. The SMILES string of the molecule is CC1CCc2ccccc2N1CC(=O)N1CCN(c2ccccc2)CC1. The van der Waals surface area contributed by atoms with Crippen molar-refractivity contribution in [2.45, 2.75) is 25.8 Å². The molecule has 136 valence electrons. The number of benzene rings is 2. The molecule has 1 fully saturated rings. The van der Waals surface area contributed by atoms with Crippen LogP contribution >= 0.6 is 0 Å². The van der Waals surface area contributed by atoms with E-state index in [4.69, 9.17) is 0 Å². The van der Waals surface area contributed by atoms with E-state index in [0.717, 1.165) is 39.0 Å². The van der Waals surface area contributed by atoms with Gasteiger partial charge in [-0.25, -0.2) is 0 Å². The Balaban J connectivity index is 1.39. The number of carbonyl (C=O) groups is 1. The Labute approximate surface area is 156 Å². The summed E-state index contributed by atoms with van der Waals surface area (Å²) in [5, 5.41) is 0. The first kappa shape index (κ1) is 17.0. The number of rotatable bonds is 3. The molecule has 1 unspecified atom stereocenters. The highest BCUT2D eigenvalue weighted by molar-refractivity contribution is 5.82. The number of nitrogens with zero attached hydrogens (tertiary/aromatic N) is 3. The summed E-state index contributed by atoms with van der Waals surface area (Å²) >= 11 is 0. The number of aryl methyl sites for hydroxylation is 1. The van der Waals surface area contributed by atoms with Crippen LogP contribution in [0.5, 0.6) is 0 Å². The van der Waals surface area contributed by atoms with Crippen molar-refractivity contribution in [3.63, 3.8) is 0 Å². The number of hydrogen-bond donors (Lipinski definition) is 0. The summed E-state index contributed by atoms with van der Waals surface area (Å²) < 4.78 is 0. The van der Waals surface area contributed by atoms with Crippen molar-refractivity contribution in [3.8, 4) is 0 Å². The van der Waals surface area contributed by atoms with E-state index >= 15 is 0 Å². The zero-order valence-corrected chi connectivity index (χ0v) is 15.5. The molecule has 0 spiro atoms. The fraction of sp³-hybridized carbons (Fsp3) is 0.409. The van der Waals surface area contributed by atoms with Crippen molar-refractivity contribution in [2.24, 2.45) is 0 Å². The van der Waals surface area contributed by atoms with Gasteiger partial charge in [0.15, 0.2) is 0 Å². The molecule has 26 heavy (non-hydrogen) atoms. The van der Waals surface area contributed by atoms with Gasteiger partial charge >= 0.3 is 0 Å². The van der Waals surface area contributed by atoms with Gasteiger partial charge in [-0.05, 0) is 43.5 Å². The maximum absolute atomic E-state index is 12.9. The van der Waals surface area contributed by atoms with E-state index in [9.17, 15) is 4.79 Å². The molecule has 2 aromatic carbocycles. The molecule has 4 heteroatoms. The van der Waals surface area contributed by atoms with Crippen LogP contribution in [0.25, 0.3) is 0 Å². The number of anilines is 2. The maximum atomic E-state index is 12.9.